The highest BCUT2D eigenvalue weighted by Crippen LogP contribution is 2.50. The molecule has 1 aliphatic rings. The molecule has 0 unspecified atom stereocenters. The van der Waals surface area contributed by atoms with Crippen molar-refractivity contribution >= 4 is 40.9 Å². The van der Waals surface area contributed by atoms with Crippen LogP contribution in [0.25, 0.3) is 22.3 Å². The van der Waals surface area contributed by atoms with E-state index in [1.54, 1.807) is 26.0 Å². The van der Waals surface area contributed by atoms with Gasteiger partial charge in [-0.2, -0.15) is 5.26 Å². The Hall–Kier alpha value is -3.40. The second kappa shape index (κ2) is 9.81. The Balaban J connectivity index is 1.58. The van der Waals surface area contributed by atoms with Crippen molar-refractivity contribution in [3.63, 3.8) is 0 Å². The highest BCUT2D eigenvalue weighted by Gasteiger charge is 2.30. The molecular weight excluding hydrogens is 515 g/mol. The number of hydrogen-bond donors (Lipinski definition) is 1. The number of fused-ring (bicyclic) bond motifs is 1. The third kappa shape index (κ3) is 4.70. The predicted molar refractivity (Wildman–Crippen MR) is 142 cm³/mol. The van der Waals surface area contributed by atoms with Crippen molar-refractivity contribution in [1.29, 1.82) is 5.26 Å². The molecule has 4 heterocycles. The van der Waals surface area contributed by atoms with Crippen LogP contribution in [0.2, 0.25) is 5.02 Å². The molecule has 0 saturated carbocycles. The summed E-state index contributed by atoms with van der Waals surface area (Å²) in [7, 11) is -2.47. The van der Waals surface area contributed by atoms with Crippen LogP contribution in [0.15, 0.2) is 42.6 Å². The normalized spacial score (nSPS) is 15.5. The first-order valence-corrected chi connectivity index (χ1v) is 14.3. The number of nitrogens with one attached hydrogen (secondary N) is 1. The summed E-state index contributed by atoms with van der Waals surface area (Å²) < 4.78 is 42.8. The molecule has 1 atom stereocenters. The summed E-state index contributed by atoms with van der Waals surface area (Å²) in [6.45, 7) is 3.42. The van der Waals surface area contributed by atoms with Gasteiger partial charge in [0, 0.05) is 35.7 Å². The number of aryl methyl sites for hydroxylation is 1. The van der Waals surface area contributed by atoms with Crippen molar-refractivity contribution in [2.45, 2.75) is 32.7 Å². The first-order valence-electron chi connectivity index (χ1n) is 11.9. The van der Waals surface area contributed by atoms with E-state index in [2.05, 4.69) is 20.3 Å². The number of nitrogens with zero attached hydrogens (tertiary/aromatic N) is 4. The molecular formula is C27H23ClF2N5OP. The first-order chi connectivity index (χ1) is 17.7. The summed E-state index contributed by atoms with van der Waals surface area (Å²) in [6, 6.07) is 10.2. The van der Waals surface area contributed by atoms with Crippen molar-refractivity contribution in [2.24, 2.45) is 0 Å². The maximum absolute atomic E-state index is 15.2. The predicted octanol–water partition coefficient (Wildman–Crippen LogP) is 6.76. The van der Waals surface area contributed by atoms with Gasteiger partial charge < -0.3 is 9.88 Å². The number of halogens is 3. The Kier molecular flexibility index (Phi) is 6.70. The minimum atomic E-state index is -2.47. The molecule has 1 saturated heterocycles. The van der Waals surface area contributed by atoms with Gasteiger partial charge in [0.25, 0.3) is 0 Å². The van der Waals surface area contributed by atoms with E-state index in [9.17, 15) is 14.2 Å². The van der Waals surface area contributed by atoms with Crippen molar-refractivity contribution in [1.82, 2.24) is 15.0 Å². The molecule has 10 heteroatoms. The van der Waals surface area contributed by atoms with Gasteiger partial charge in [0.05, 0.1) is 45.0 Å². The Morgan fingerprint density at radius 3 is 2.54 bits per heavy atom. The molecule has 188 valence electrons. The second-order valence-electron chi connectivity index (χ2n) is 9.24. The highest BCUT2D eigenvalue weighted by molar-refractivity contribution is 7.71. The Labute approximate surface area is 218 Å². The summed E-state index contributed by atoms with van der Waals surface area (Å²) in [4.78, 5) is 13.3. The molecule has 1 N–H and O–H groups in total. The third-order valence-electron chi connectivity index (χ3n) is 6.70. The van der Waals surface area contributed by atoms with E-state index in [0.717, 1.165) is 12.8 Å². The summed E-state index contributed by atoms with van der Waals surface area (Å²) in [5, 5.41) is 12.7. The number of nitriles is 1. The lowest BCUT2D eigenvalue weighted by molar-refractivity contribution is 0.584. The standard InChI is InChI=1S/C27H23ClF2N5OP/c1-15(19-11-17(13-31)5-7-20(19)29)34-27-24(28)16(2)33-22-12-21(30)25(35-26(22)27)18-6-8-23(32-14-18)37(36)9-3-4-10-37/h5-8,11-12,14-15H,3-4,9-10H2,1-2H3,(H,33,34)/t15-/m1/s1. The molecule has 4 aromatic rings. The lowest BCUT2D eigenvalue weighted by Gasteiger charge is -2.20. The molecule has 5 rings (SSSR count). The molecule has 0 spiro atoms. The molecule has 37 heavy (non-hydrogen) atoms. The van der Waals surface area contributed by atoms with E-state index in [1.807, 2.05) is 6.07 Å². The van der Waals surface area contributed by atoms with Crippen LogP contribution < -0.4 is 10.8 Å². The third-order valence-corrected chi connectivity index (χ3v) is 10.3. The van der Waals surface area contributed by atoms with E-state index in [1.165, 1.54) is 30.5 Å². The van der Waals surface area contributed by atoms with Gasteiger partial charge in [-0.15, -0.1) is 0 Å². The average molecular weight is 538 g/mol. The molecule has 0 amide bonds. The van der Waals surface area contributed by atoms with Crippen LogP contribution in [0.3, 0.4) is 0 Å². The molecule has 3 aromatic heterocycles. The average Bonchev–Trinajstić information content (AvgIpc) is 3.34. The molecule has 1 aromatic carbocycles. The van der Waals surface area contributed by atoms with Gasteiger partial charge in [-0.25, -0.2) is 18.7 Å². The zero-order chi connectivity index (χ0) is 26.3. The molecule has 0 aliphatic carbocycles. The fourth-order valence-corrected chi connectivity index (χ4v) is 7.63. The van der Waals surface area contributed by atoms with Gasteiger partial charge in [-0.3, -0.25) is 4.98 Å². The van der Waals surface area contributed by atoms with E-state index >= 15 is 4.39 Å². The van der Waals surface area contributed by atoms with Gasteiger partial charge in [-0.05, 0) is 57.0 Å². The molecule has 0 bridgehead atoms. The van der Waals surface area contributed by atoms with E-state index < -0.39 is 24.8 Å². The van der Waals surface area contributed by atoms with Crippen LogP contribution in [0, 0.1) is 29.9 Å². The van der Waals surface area contributed by atoms with Gasteiger partial charge in [0.2, 0.25) is 0 Å². The lowest BCUT2D eigenvalue weighted by atomic mass is 10.0. The highest BCUT2D eigenvalue weighted by atomic mass is 35.5. The SMILES string of the molecule is Cc1nc2cc(F)c(-c3ccc(P4(=O)CCCC4)nc3)nc2c(N[C@H](C)c2cc(C#N)ccc2F)c1Cl. The Morgan fingerprint density at radius 1 is 1.11 bits per heavy atom. The Bertz CT molecular complexity index is 1610. The zero-order valence-electron chi connectivity index (χ0n) is 20.2. The fraction of sp³-hybridized carbons (Fsp3) is 0.259. The van der Waals surface area contributed by atoms with Crippen LogP contribution in [-0.2, 0) is 4.57 Å². The maximum atomic E-state index is 15.2. The van der Waals surface area contributed by atoms with E-state index in [4.69, 9.17) is 11.6 Å². The fourth-order valence-electron chi connectivity index (χ4n) is 4.68. The monoisotopic (exact) mass is 537 g/mol. The number of anilines is 1. The minimum Gasteiger partial charge on any atom is -0.375 e. The summed E-state index contributed by atoms with van der Waals surface area (Å²) >= 11 is 6.60. The lowest BCUT2D eigenvalue weighted by Crippen LogP contribution is -2.12. The van der Waals surface area contributed by atoms with Gasteiger partial charge in [0.1, 0.15) is 24.2 Å². The second-order valence-corrected chi connectivity index (χ2v) is 12.7. The van der Waals surface area contributed by atoms with Crippen LogP contribution >= 0.6 is 18.7 Å². The topological polar surface area (TPSA) is 91.6 Å². The van der Waals surface area contributed by atoms with E-state index in [0.29, 0.717) is 45.8 Å². The van der Waals surface area contributed by atoms with Crippen molar-refractivity contribution in [3.05, 3.63) is 76.1 Å². The van der Waals surface area contributed by atoms with Gasteiger partial charge in [0.15, 0.2) is 5.82 Å². The smallest absolute Gasteiger partial charge is 0.151 e. The quantitative estimate of drug-likeness (QED) is 0.283. The van der Waals surface area contributed by atoms with Crippen molar-refractivity contribution in [2.75, 3.05) is 17.6 Å². The number of rotatable bonds is 5. The number of aromatic nitrogens is 3. The van der Waals surface area contributed by atoms with Crippen LogP contribution in [-0.4, -0.2) is 27.3 Å². The Morgan fingerprint density at radius 2 is 1.86 bits per heavy atom. The number of pyridine rings is 3. The zero-order valence-corrected chi connectivity index (χ0v) is 21.9. The molecule has 1 aliphatic heterocycles. The van der Waals surface area contributed by atoms with Crippen molar-refractivity contribution in [3.8, 4) is 17.3 Å². The van der Waals surface area contributed by atoms with Gasteiger partial charge >= 0.3 is 0 Å². The minimum absolute atomic E-state index is 0.0475. The molecule has 6 nitrogen and oxygen atoms in total. The molecule has 0 radical (unpaired) electrons. The van der Waals surface area contributed by atoms with E-state index in [-0.39, 0.29) is 21.8 Å². The number of benzene rings is 1. The van der Waals surface area contributed by atoms with Crippen LogP contribution in [0.5, 0.6) is 0 Å². The van der Waals surface area contributed by atoms with Crippen molar-refractivity contribution < 1.29 is 13.3 Å². The van der Waals surface area contributed by atoms with Crippen LogP contribution in [0.4, 0.5) is 14.5 Å². The van der Waals surface area contributed by atoms with Gasteiger partial charge in [-0.1, -0.05) is 11.6 Å². The largest absolute Gasteiger partial charge is 0.375 e. The van der Waals surface area contributed by atoms with Crippen LogP contribution in [0.1, 0.15) is 42.6 Å². The summed E-state index contributed by atoms with van der Waals surface area (Å²) in [5.74, 6) is -1.06. The maximum Gasteiger partial charge on any atom is 0.151 e. The molecule has 1 fully saturated rings. The first kappa shape index (κ1) is 25.3. The summed E-state index contributed by atoms with van der Waals surface area (Å²) in [6.07, 6.45) is 4.64. The number of hydrogen-bond acceptors (Lipinski definition) is 6. The summed E-state index contributed by atoms with van der Waals surface area (Å²) in [5.41, 5.74) is 3.06.